The van der Waals surface area contributed by atoms with Crippen LogP contribution < -0.4 is 10.9 Å². The monoisotopic (exact) mass is 631 g/mol. The van der Waals surface area contributed by atoms with E-state index in [1.54, 1.807) is 22.1 Å². The number of nitrogens with one attached hydrogen (secondary N) is 1. The van der Waals surface area contributed by atoms with Crippen LogP contribution in [0, 0.1) is 5.92 Å². The van der Waals surface area contributed by atoms with Crippen LogP contribution >= 0.6 is 11.3 Å². The van der Waals surface area contributed by atoms with Crippen LogP contribution in [0.25, 0.3) is 27.5 Å². The number of rotatable bonds is 9. The molecule has 236 valence electrons. The summed E-state index contributed by atoms with van der Waals surface area (Å²) >= 11 is 1.30. The molecular formula is C35H39F2N5O2S. The van der Waals surface area contributed by atoms with E-state index in [-0.39, 0.29) is 35.2 Å². The largest absolute Gasteiger partial charge is 0.335 e. The highest BCUT2D eigenvalue weighted by atomic mass is 32.1. The SMILES string of the molecule is CCc1cccc(CC)c1-n1c(CC(C)C)c(C(=O)N2C[C@H]3CC[C@@H](C2)N3)cc(-c2nc(-c3ccc(C(F)F)nc3)cs2)c1=O. The summed E-state index contributed by atoms with van der Waals surface area (Å²) in [6.07, 6.45) is 2.84. The van der Waals surface area contributed by atoms with Crippen molar-refractivity contribution in [3.8, 4) is 27.5 Å². The Labute approximate surface area is 266 Å². The third-order valence-corrected chi connectivity index (χ3v) is 9.74. The van der Waals surface area contributed by atoms with Gasteiger partial charge in [-0.15, -0.1) is 11.3 Å². The van der Waals surface area contributed by atoms with E-state index in [1.165, 1.54) is 23.6 Å². The zero-order valence-electron chi connectivity index (χ0n) is 26.1. The number of para-hydroxylation sites is 1. The lowest BCUT2D eigenvalue weighted by molar-refractivity contribution is 0.0695. The van der Waals surface area contributed by atoms with E-state index < -0.39 is 6.43 Å². The van der Waals surface area contributed by atoms with Crippen LogP contribution in [-0.2, 0) is 19.3 Å². The molecule has 2 aliphatic rings. The molecule has 6 rings (SSSR count). The highest BCUT2D eigenvalue weighted by Crippen LogP contribution is 2.33. The molecule has 0 spiro atoms. The Morgan fingerprint density at radius 3 is 2.33 bits per heavy atom. The summed E-state index contributed by atoms with van der Waals surface area (Å²) in [6.45, 7) is 9.65. The molecule has 0 aliphatic carbocycles. The van der Waals surface area contributed by atoms with Crippen molar-refractivity contribution in [1.29, 1.82) is 0 Å². The van der Waals surface area contributed by atoms with Crippen LogP contribution in [-0.4, -0.2) is 50.5 Å². The molecule has 1 aromatic carbocycles. The van der Waals surface area contributed by atoms with E-state index in [2.05, 4.69) is 50.1 Å². The second kappa shape index (κ2) is 12.9. The molecule has 7 nitrogen and oxygen atoms in total. The molecule has 2 fully saturated rings. The normalized spacial score (nSPS) is 17.9. The highest BCUT2D eigenvalue weighted by molar-refractivity contribution is 7.13. The molecule has 1 amide bonds. The number of halogens is 2. The minimum atomic E-state index is -2.66. The number of hydrogen-bond acceptors (Lipinski definition) is 6. The zero-order valence-corrected chi connectivity index (χ0v) is 27.0. The van der Waals surface area contributed by atoms with Crippen molar-refractivity contribution in [3.63, 3.8) is 0 Å². The Hall–Kier alpha value is -3.76. The molecule has 2 atom stereocenters. The molecule has 2 saturated heterocycles. The van der Waals surface area contributed by atoms with Crippen molar-refractivity contribution in [1.82, 2.24) is 24.8 Å². The Kier molecular flexibility index (Phi) is 8.97. The van der Waals surface area contributed by atoms with Gasteiger partial charge in [-0.1, -0.05) is 45.9 Å². The number of likely N-dealkylation sites (tertiary alicyclic amines) is 1. The van der Waals surface area contributed by atoms with Crippen molar-refractivity contribution in [2.75, 3.05) is 13.1 Å². The summed E-state index contributed by atoms with van der Waals surface area (Å²) in [4.78, 5) is 39.9. The number of aromatic nitrogens is 3. The van der Waals surface area contributed by atoms with Crippen LogP contribution in [0.3, 0.4) is 0 Å². The van der Waals surface area contributed by atoms with Gasteiger partial charge in [-0.3, -0.25) is 19.1 Å². The molecule has 0 radical (unpaired) electrons. The quantitative estimate of drug-likeness (QED) is 0.218. The molecule has 3 aromatic heterocycles. The van der Waals surface area contributed by atoms with Crippen molar-refractivity contribution in [3.05, 3.63) is 86.4 Å². The first-order chi connectivity index (χ1) is 21.7. The molecule has 4 aromatic rings. The minimum absolute atomic E-state index is 0.0605. The predicted octanol–water partition coefficient (Wildman–Crippen LogP) is 6.86. The third-order valence-electron chi connectivity index (χ3n) is 8.87. The third kappa shape index (κ3) is 6.10. The number of piperazine rings is 1. The van der Waals surface area contributed by atoms with E-state index >= 15 is 0 Å². The van der Waals surface area contributed by atoms with Gasteiger partial charge < -0.3 is 10.2 Å². The average Bonchev–Trinajstić information content (AvgIpc) is 3.66. The number of hydrogen-bond donors (Lipinski definition) is 1. The van der Waals surface area contributed by atoms with Crippen LogP contribution in [0.4, 0.5) is 8.78 Å². The first-order valence-electron chi connectivity index (χ1n) is 15.8. The van der Waals surface area contributed by atoms with Crippen molar-refractivity contribution >= 4 is 17.2 Å². The van der Waals surface area contributed by atoms with Gasteiger partial charge in [0.15, 0.2) is 0 Å². The number of pyridine rings is 2. The lowest BCUT2D eigenvalue weighted by Gasteiger charge is -2.34. The Bertz CT molecular complexity index is 1730. The number of amides is 1. The summed E-state index contributed by atoms with van der Waals surface area (Å²) in [7, 11) is 0. The molecule has 0 saturated carbocycles. The summed E-state index contributed by atoms with van der Waals surface area (Å²) in [6, 6.07) is 11.3. The number of fused-ring (bicyclic) bond motifs is 2. The van der Waals surface area contributed by atoms with Gasteiger partial charge in [-0.25, -0.2) is 13.8 Å². The van der Waals surface area contributed by atoms with Crippen LogP contribution in [0.5, 0.6) is 0 Å². The zero-order chi connectivity index (χ0) is 31.8. The highest BCUT2D eigenvalue weighted by Gasteiger charge is 2.36. The number of alkyl halides is 2. The van der Waals surface area contributed by atoms with Gasteiger partial charge in [0.05, 0.1) is 22.5 Å². The topological polar surface area (TPSA) is 80.1 Å². The van der Waals surface area contributed by atoms with Crippen LogP contribution in [0.2, 0.25) is 0 Å². The van der Waals surface area contributed by atoms with Crippen molar-refractivity contribution in [2.24, 2.45) is 5.92 Å². The van der Waals surface area contributed by atoms with Crippen molar-refractivity contribution < 1.29 is 13.6 Å². The Balaban J connectivity index is 1.57. The first kappa shape index (κ1) is 31.2. The average molecular weight is 632 g/mol. The fourth-order valence-corrected chi connectivity index (χ4v) is 7.50. The van der Waals surface area contributed by atoms with Gasteiger partial charge in [-0.05, 0) is 67.3 Å². The lowest BCUT2D eigenvalue weighted by Crippen LogP contribution is -2.53. The molecule has 45 heavy (non-hydrogen) atoms. The first-order valence-corrected chi connectivity index (χ1v) is 16.7. The Morgan fingerprint density at radius 2 is 1.76 bits per heavy atom. The number of thiazole rings is 1. The standard InChI is InChI=1S/C35H39F2N5O2S/c1-5-21-8-7-9-22(6-2)31(21)42-30(14-20(3)4)26(34(43)41-17-24-11-12-25(18-41)39-24)15-27(35(42)44)33-40-29(19-45-33)23-10-13-28(32(36)37)38-16-23/h7-10,13,15-16,19-20,24-25,32,39H,5-6,11-12,14,17-18H2,1-4H3/t24-,25+. The number of nitrogens with zero attached hydrogens (tertiary/aromatic N) is 4. The van der Waals surface area contributed by atoms with Gasteiger partial charge >= 0.3 is 0 Å². The summed E-state index contributed by atoms with van der Waals surface area (Å²) in [5, 5.41) is 5.88. The summed E-state index contributed by atoms with van der Waals surface area (Å²) in [5.41, 5.74) is 5.15. The maximum atomic E-state index is 14.7. The smallest absolute Gasteiger partial charge is 0.280 e. The summed E-state index contributed by atoms with van der Waals surface area (Å²) < 4.78 is 28.0. The number of aryl methyl sites for hydroxylation is 2. The molecule has 0 unspecified atom stereocenters. The van der Waals surface area contributed by atoms with Crippen molar-refractivity contribution in [2.45, 2.75) is 78.3 Å². The Morgan fingerprint density at radius 1 is 1.07 bits per heavy atom. The number of carbonyl (C=O) groups excluding carboxylic acids is 1. The second-order valence-corrected chi connectivity index (χ2v) is 13.3. The predicted molar refractivity (Wildman–Crippen MR) is 174 cm³/mol. The number of carbonyl (C=O) groups is 1. The molecular weight excluding hydrogens is 592 g/mol. The van der Waals surface area contributed by atoms with Crippen LogP contribution in [0.15, 0.2) is 52.8 Å². The van der Waals surface area contributed by atoms with Crippen LogP contribution in [0.1, 0.15) is 79.8 Å². The number of benzene rings is 1. The fraction of sp³-hybridized carbons (Fsp3) is 0.429. The van der Waals surface area contributed by atoms with Gasteiger partial charge in [0.25, 0.3) is 17.9 Å². The second-order valence-electron chi connectivity index (χ2n) is 12.4. The van der Waals surface area contributed by atoms with E-state index in [0.717, 1.165) is 48.2 Å². The summed E-state index contributed by atoms with van der Waals surface area (Å²) in [5.74, 6) is 0.135. The van der Waals surface area contributed by atoms with E-state index in [0.29, 0.717) is 46.9 Å². The minimum Gasteiger partial charge on any atom is -0.335 e. The van der Waals surface area contributed by atoms with E-state index in [4.69, 9.17) is 4.98 Å². The van der Waals surface area contributed by atoms with Gasteiger partial charge in [-0.2, -0.15) is 0 Å². The van der Waals surface area contributed by atoms with E-state index in [1.807, 2.05) is 11.0 Å². The maximum Gasteiger partial charge on any atom is 0.280 e. The van der Waals surface area contributed by atoms with Gasteiger partial charge in [0, 0.05) is 48.0 Å². The lowest BCUT2D eigenvalue weighted by atomic mass is 9.96. The maximum absolute atomic E-state index is 14.7. The molecule has 2 bridgehead atoms. The van der Waals surface area contributed by atoms with Gasteiger partial charge in [0.1, 0.15) is 10.7 Å². The molecule has 2 aliphatic heterocycles. The van der Waals surface area contributed by atoms with E-state index in [9.17, 15) is 18.4 Å². The molecule has 5 heterocycles. The molecule has 1 N–H and O–H groups in total. The fourth-order valence-electron chi connectivity index (χ4n) is 6.67. The van der Waals surface area contributed by atoms with Gasteiger partial charge in [0.2, 0.25) is 0 Å². The molecule has 10 heteroatoms.